The summed E-state index contributed by atoms with van der Waals surface area (Å²) in [6, 6.07) is 1.67. The normalized spacial score (nSPS) is 14.9. The van der Waals surface area contributed by atoms with Gasteiger partial charge in [-0.15, -0.1) is 0 Å². The first kappa shape index (κ1) is 6.06. The van der Waals surface area contributed by atoms with Gasteiger partial charge in [0.2, 0.25) is 0 Å². The summed E-state index contributed by atoms with van der Waals surface area (Å²) in [5, 5.41) is 0. The van der Waals surface area contributed by atoms with Crippen LogP contribution < -0.4 is 5.73 Å². The molecule has 0 fully saturated rings. The van der Waals surface area contributed by atoms with E-state index in [-0.39, 0.29) is 29.7 Å². The Morgan fingerprint density at radius 3 is 2.00 bits per heavy atom. The van der Waals surface area contributed by atoms with Gasteiger partial charge in [-0.25, -0.2) is 0 Å². The van der Waals surface area contributed by atoms with E-state index in [0.717, 1.165) is 0 Å². The Bertz CT molecular complexity index is 665. The van der Waals surface area contributed by atoms with Crippen LogP contribution in [0.2, 0.25) is 0 Å². The van der Waals surface area contributed by atoms with Crippen LogP contribution in [-0.4, -0.2) is 0 Å². The molecule has 76 valence electrons. The van der Waals surface area contributed by atoms with Crippen LogP contribution in [0.1, 0.15) is 6.85 Å². The SMILES string of the molecule is [2H]c1c([2H])c([2H])c(-c2cc(Br)c(N)c(Br)c2)c([2H])c1[2H]. The summed E-state index contributed by atoms with van der Waals surface area (Å²) in [5.41, 5.74) is 6.93. The van der Waals surface area contributed by atoms with Gasteiger partial charge in [-0.2, -0.15) is 0 Å². The quantitative estimate of drug-likeness (QED) is 0.767. The van der Waals surface area contributed by atoms with Crippen LogP contribution in [0.15, 0.2) is 51.3 Å². The van der Waals surface area contributed by atoms with E-state index in [9.17, 15) is 0 Å². The second-order valence-corrected chi connectivity index (χ2v) is 4.56. The van der Waals surface area contributed by atoms with Crippen molar-refractivity contribution in [3.63, 3.8) is 0 Å². The fraction of sp³-hybridized carbons (Fsp3) is 0. The lowest BCUT2D eigenvalue weighted by Crippen LogP contribution is -1.89. The Balaban J connectivity index is 2.83. The largest absolute Gasteiger partial charge is 0.397 e. The summed E-state index contributed by atoms with van der Waals surface area (Å²) in [6.07, 6.45) is 0. The van der Waals surface area contributed by atoms with E-state index in [1.165, 1.54) is 0 Å². The number of nitrogens with two attached hydrogens (primary N) is 1. The Morgan fingerprint density at radius 2 is 1.47 bits per heavy atom. The molecule has 2 N–H and O–H groups in total. The van der Waals surface area contributed by atoms with E-state index < -0.39 is 6.04 Å². The van der Waals surface area contributed by atoms with Crippen molar-refractivity contribution in [1.82, 2.24) is 0 Å². The van der Waals surface area contributed by atoms with Crippen molar-refractivity contribution in [2.45, 2.75) is 0 Å². The van der Waals surface area contributed by atoms with Gasteiger partial charge in [-0.05, 0) is 55.1 Å². The van der Waals surface area contributed by atoms with Gasteiger partial charge >= 0.3 is 0 Å². The summed E-state index contributed by atoms with van der Waals surface area (Å²) in [4.78, 5) is 0. The fourth-order valence-corrected chi connectivity index (χ4v) is 2.31. The molecule has 0 atom stereocenters. The van der Waals surface area contributed by atoms with Gasteiger partial charge in [0.25, 0.3) is 0 Å². The number of anilines is 1. The Kier molecular flexibility index (Phi) is 1.77. The zero-order chi connectivity index (χ0) is 15.2. The molecule has 2 aromatic rings. The zero-order valence-electron chi connectivity index (χ0n) is 12.5. The number of benzene rings is 2. The summed E-state index contributed by atoms with van der Waals surface area (Å²) >= 11 is 6.57. The molecular weight excluding hydrogens is 318 g/mol. The van der Waals surface area contributed by atoms with Crippen molar-refractivity contribution in [3.8, 4) is 11.1 Å². The minimum absolute atomic E-state index is 0.150. The molecule has 0 saturated carbocycles. The maximum atomic E-state index is 7.93. The second-order valence-electron chi connectivity index (χ2n) is 2.85. The molecule has 0 aliphatic rings. The highest BCUT2D eigenvalue weighted by Crippen LogP contribution is 2.33. The molecule has 0 aliphatic heterocycles. The molecule has 0 amide bonds. The highest BCUT2D eigenvalue weighted by atomic mass is 79.9. The van der Waals surface area contributed by atoms with Crippen LogP contribution in [0, 0.1) is 0 Å². The molecule has 2 rings (SSSR count). The van der Waals surface area contributed by atoms with Crippen LogP contribution in [0.3, 0.4) is 0 Å². The highest BCUT2D eigenvalue weighted by Gasteiger charge is 2.05. The lowest BCUT2D eigenvalue weighted by Gasteiger charge is -2.06. The van der Waals surface area contributed by atoms with Gasteiger partial charge in [0.15, 0.2) is 0 Å². The number of halogens is 2. The molecule has 0 heterocycles. The smallest absolute Gasteiger partial charge is 0.0629 e. The Hall–Kier alpha value is -0.800. The van der Waals surface area contributed by atoms with Crippen LogP contribution in [0.5, 0.6) is 0 Å². The van der Waals surface area contributed by atoms with Crippen molar-refractivity contribution in [1.29, 1.82) is 0 Å². The zero-order valence-corrected chi connectivity index (χ0v) is 10.7. The molecule has 0 aromatic heterocycles. The third-order valence-corrected chi connectivity index (χ3v) is 3.18. The van der Waals surface area contributed by atoms with Gasteiger partial charge in [0.05, 0.1) is 12.5 Å². The predicted molar refractivity (Wildman–Crippen MR) is 71.7 cm³/mol. The van der Waals surface area contributed by atoms with E-state index in [4.69, 9.17) is 12.6 Å². The standard InChI is InChI=1S/C12H9Br2N/c13-10-6-9(7-11(14)12(10)15)8-4-2-1-3-5-8/h1-7H,15H2/i1D,2D,3D,4D,5D. The maximum Gasteiger partial charge on any atom is 0.0629 e. The third kappa shape index (κ3) is 2.24. The number of rotatable bonds is 1. The van der Waals surface area contributed by atoms with Crippen LogP contribution in [-0.2, 0) is 0 Å². The molecule has 0 spiro atoms. The number of nitrogen functional groups attached to an aromatic ring is 1. The fourth-order valence-electron chi connectivity index (χ4n) is 1.12. The average Bonchev–Trinajstić information content (AvgIpc) is 2.40. The minimum atomic E-state index is -0.405. The van der Waals surface area contributed by atoms with Gasteiger partial charge < -0.3 is 5.73 Å². The van der Waals surface area contributed by atoms with E-state index in [2.05, 4.69) is 31.9 Å². The molecule has 1 nitrogen and oxygen atoms in total. The second kappa shape index (κ2) is 4.37. The summed E-state index contributed by atoms with van der Waals surface area (Å²) in [7, 11) is 0. The lowest BCUT2D eigenvalue weighted by molar-refractivity contribution is 1.55. The topological polar surface area (TPSA) is 26.0 Å². The first-order valence-electron chi connectivity index (χ1n) is 6.57. The molecule has 3 heteroatoms. The molecule has 2 aromatic carbocycles. The molecule has 0 saturated heterocycles. The van der Waals surface area contributed by atoms with Crippen molar-refractivity contribution in [3.05, 3.63) is 51.3 Å². The lowest BCUT2D eigenvalue weighted by atomic mass is 10.1. The molecule has 0 bridgehead atoms. The molecule has 15 heavy (non-hydrogen) atoms. The summed E-state index contributed by atoms with van der Waals surface area (Å²) < 4.78 is 40.0. The molecule has 0 unspecified atom stereocenters. The van der Waals surface area contributed by atoms with Gasteiger partial charge in [0.1, 0.15) is 0 Å². The van der Waals surface area contributed by atoms with E-state index in [0.29, 0.717) is 20.2 Å². The monoisotopic (exact) mass is 330 g/mol. The van der Waals surface area contributed by atoms with Crippen LogP contribution >= 0.6 is 31.9 Å². The third-order valence-electron chi connectivity index (χ3n) is 1.87. The average molecular weight is 332 g/mol. The van der Waals surface area contributed by atoms with E-state index >= 15 is 0 Å². The van der Waals surface area contributed by atoms with Crippen molar-refractivity contribution >= 4 is 37.5 Å². The minimum Gasteiger partial charge on any atom is -0.397 e. The predicted octanol–water partition coefficient (Wildman–Crippen LogP) is 4.46. The first-order valence-corrected chi connectivity index (χ1v) is 5.66. The summed E-state index contributed by atoms with van der Waals surface area (Å²) in [5.74, 6) is 0. The van der Waals surface area contributed by atoms with Crippen LogP contribution in [0.4, 0.5) is 5.69 Å². The van der Waals surface area contributed by atoms with Crippen molar-refractivity contribution < 1.29 is 6.85 Å². The van der Waals surface area contributed by atoms with Crippen molar-refractivity contribution in [2.24, 2.45) is 0 Å². The maximum absolute atomic E-state index is 7.93. The van der Waals surface area contributed by atoms with E-state index in [1.54, 1.807) is 12.1 Å². The highest BCUT2D eigenvalue weighted by molar-refractivity contribution is 9.11. The number of hydrogen-bond donors (Lipinski definition) is 1. The molecule has 0 aliphatic carbocycles. The Labute approximate surface area is 113 Å². The Morgan fingerprint density at radius 1 is 0.933 bits per heavy atom. The molecule has 0 radical (unpaired) electrons. The van der Waals surface area contributed by atoms with Gasteiger partial charge in [-0.1, -0.05) is 30.2 Å². The van der Waals surface area contributed by atoms with Crippen molar-refractivity contribution in [2.75, 3.05) is 5.73 Å². The van der Waals surface area contributed by atoms with Crippen LogP contribution in [0.25, 0.3) is 11.1 Å². The van der Waals surface area contributed by atoms with Gasteiger partial charge in [0, 0.05) is 8.95 Å². The van der Waals surface area contributed by atoms with Gasteiger partial charge in [-0.3, -0.25) is 0 Å². The summed E-state index contributed by atoms with van der Waals surface area (Å²) in [6.45, 7) is 0. The van der Waals surface area contributed by atoms with E-state index in [1.807, 2.05) is 0 Å². The first-order chi connectivity index (χ1) is 9.25. The molecular formula is C12H9Br2N. The number of hydrogen-bond acceptors (Lipinski definition) is 1.